The van der Waals surface area contributed by atoms with Crippen LogP contribution in [0.4, 0.5) is 0 Å². The number of nitrogens with two attached hydrogens (primary N) is 1. The maximum Gasteiger partial charge on any atom is 0.0961 e. The van der Waals surface area contributed by atoms with Crippen LogP contribution in [0.25, 0.3) is 6.08 Å². The molecule has 144 valence electrons. The predicted octanol–water partition coefficient (Wildman–Crippen LogP) is 2.12. The molecule has 0 heterocycles. The Balaban J connectivity index is 2.33. The fourth-order valence-corrected chi connectivity index (χ4v) is 3.69. The van der Waals surface area contributed by atoms with Crippen LogP contribution in [0.15, 0.2) is 41.6 Å². The summed E-state index contributed by atoms with van der Waals surface area (Å²) in [5.41, 5.74) is 9.94. The fraction of sp³-hybridized carbons (Fsp3) is 0.524. The summed E-state index contributed by atoms with van der Waals surface area (Å²) in [7, 11) is 5.97. The van der Waals surface area contributed by atoms with Gasteiger partial charge in [-0.25, -0.2) is 0 Å². The molecule has 0 bridgehead atoms. The smallest absolute Gasteiger partial charge is 0.0961 e. The molecule has 0 aromatic heterocycles. The molecule has 0 amide bonds. The molecule has 1 aliphatic carbocycles. The molecule has 1 aromatic rings. The molecule has 0 aliphatic heterocycles. The van der Waals surface area contributed by atoms with Crippen LogP contribution in [0.3, 0.4) is 0 Å². The zero-order valence-corrected chi connectivity index (χ0v) is 16.5. The highest BCUT2D eigenvalue weighted by Crippen LogP contribution is 2.32. The molecule has 5 nitrogen and oxygen atoms in total. The number of aliphatic hydroxyl groups is 1. The molecule has 2 rings (SSSR count). The summed E-state index contributed by atoms with van der Waals surface area (Å²) in [5.74, 6) is 0.0346. The van der Waals surface area contributed by atoms with Crippen LogP contribution in [0.5, 0.6) is 0 Å². The van der Waals surface area contributed by atoms with Crippen LogP contribution >= 0.6 is 0 Å². The number of likely N-dealkylation sites (N-methyl/N-ethyl adjacent to an activating group) is 2. The Morgan fingerprint density at radius 3 is 2.58 bits per heavy atom. The Morgan fingerprint density at radius 2 is 1.96 bits per heavy atom. The first-order valence-corrected chi connectivity index (χ1v) is 9.46. The molecule has 0 fully saturated rings. The van der Waals surface area contributed by atoms with E-state index in [1.165, 1.54) is 11.3 Å². The van der Waals surface area contributed by atoms with Crippen molar-refractivity contribution < 1.29 is 5.11 Å². The first-order valence-electron chi connectivity index (χ1n) is 9.46. The minimum Gasteiger partial charge on any atom is -0.391 e. The van der Waals surface area contributed by atoms with Crippen molar-refractivity contribution >= 4 is 6.08 Å². The van der Waals surface area contributed by atoms with E-state index in [2.05, 4.69) is 34.2 Å². The highest BCUT2D eigenvalue weighted by molar-refractivity contribution is 5.56. The lowest BCUT2D eigenvalue weighted by molar-refractivity contribution is 0.121. The van der Waals surface area contributed by atoms with E-state index in [0.717, 1.165) is 30.4 Å². The molecule has 6 N–H and O–H groups in total. The zero-order valence-electron chi connectivity index (χ0n) is 16.5. The lowest BCUT2D eigenvalue weighted by Crippen LogP contribution is -2.57. The minimum atomic E-state index is -0.538. The molecule has 0 saturated carbocycles. The second kappa shape index (κ2) is 9.33. The van der Waals surface area contributed by atoms with Gasteiger partial charge in [-0.15, -0.1) is 0 Å². The Kier molecular flexibility index (Phi) is 7.41. The number of benzene rings is 1. The molecule has 0 radical (unpaired) electrons. The van der Waals surface area contributed by atoms with E-state index in [4.69, 9.17) is 5.73 Å². The van der Waals surface area contributed by atoms with Gasteiger partial charge in [0, 0.05) is 18.3 Å². The second-order valence-corrected chi connectivity index (χ2v) is 7.06. The topological polar surface area (TPSA) is 82.3 Å². The lowest BCUT2D eigenvalue weighted by atomic mass is 9.84. The van der Waals surface area contributed by atoms with Gasteiger partial charge in [-0.3, -0.25) is 10.6 Å². The molecular formula is C21H34N4O. The van der Waals surface area contributed by atoms with Gasteiger partial charge in [0.05, 0.1) is 11.8 Å². The molecule has 1 aliphatic rings. The Labute approximate surface area is 157 Å². The Bertz CT molecular complexity index is 649. The van der Waals surface area contributed by atoms with Crippen molar-refractivity contribution in [2.45, 2.75) is 38.0 Å². The highest BCUT2D eigenvalue weighted by Gasteiger charge is 2.34. The normalized spacial score (nSPS) is 19.6. The van der Waals surface area contributed by atoms with Crippen molar-refractivity contribution in [3.05, 3.63) is 52.7 Å². The summed E-state index contributed by atoms with van der Waals surface area (Å²) in [4.78, 5) is 0. The number of allylic oxidation sites excluding steroid dienone is 1. The number of hydrogen-bond acceptors (Lipinski definition) is 5. The molecule has 1 aromatic carbocycles. The lowest BCUT2D eigenvalue weighted by Gasteiger charge is -2.39. The monoisotopic (exact) mass is 358 g/mol. The van der Waals surface area contributed by atoms with Crippen LogP contribution in [0.2, 0.25) is 0 Å². The summed E-state index contributed by atoms with van der Waals surface area (Å²) < 4.78 is 0. The van der Waals surface area contributed by atoms with E-state index in [1.807, 2.05) is 46.3 Å². The molecule has 0 spiro atoms. The third-order valence-electron chi connectivity index (χ3n) is 5.52. The zero-order chi connectivity index (χ0) is 19.2. The van der Waals surface area contributed by atoms with Crippen LogP contribution < -0.4 is 21.7 Å². The van der Waals surface area contributed by atoms with Crippen LogP contribution in [-0.2, 0) is 0 Å². The van der Waals surface area contributed by atoms with Crippen LogP contribution in [0.1, 0.15) is 43.4 Å². The van der Waals surface area contributed by atoms with E-state index in [0.29, 0.717) is 6.54 Å². The summed E-state index contributed by atoms with van der Waals surface area (Å²) in [6.07, 6.45) is 6.98. The van der Waals surface area contributed by atoms with Gasteiger partial charge in [-0.05, 0) is 63.0 Å². The van der Waals surface area contributed by atoms with Gasteiger partial charge < -0.3 is 16.2 Å². The van der Waals surface area contributed by atoms with E-state index in [-0.39, 0.29) is 11.6 Å². The van der Waals surface area contributed by atoms with Gasteiger partial charge in [0.25, 0.3) is 0 Å². The first kappa shape index (κ1) is 20.6. The number of aliphatic hydroxyl groups excluding tert-OH is 1. The van der Waals surface area contributed by atoms with Crippen molar-refractivity contribution in [3.8, 4) is 0 Å². The van der Waals surface area contributed by atoms with Crippen molar-refractivity contribution in [1.29, 1.82) is 0 Å². The summed E-state index contributed by atoms with van der Waals surface area (Å²) >= 11 is 0. The number of rotatable bonds is 8. The predicted molar refractivity (Wildman–Crippen MR) is 109 cm³/mol. The van der Waals surface area contributed by atoms with Gasteiger partial charge in [0.2, 0.25) is 0 Å². The minimum absolute atomic E-state index is 0.0346. The fourth-order valence-electron chi connectivity index (χ4n) is 3.69. The maximum absolute atomic E-state index is 10.4. The van der Waals surface area contributed by atoms with Gasteiger partial charge in [0.1, 0.15) is 0 Å². The van der Waals surface area contributed by atoms with Gasteiger partial charge in [0.15, 0.2) is 0 Å². The quantitative estimate of drug-likeness (QED) is 0.460. The SMILES string of the molecule is CNC1=C(/C=C/c2cccc(C(O)C(C)CN)c2)C(NC)(NC)CCC1. The third kappa shape index (κ3) is 4.35. The molecule has 2 atom stereocenters. The average Bonchev–Trinajstić information content (AvgIpc) is 2.70. The molecule has 5 heteroatoms. The summed E-state index contributed by atoms with van der Waals surface area (Å²) in [6.45, 7) is 2.43. The Hall–Kier alpha value is -1.66. The largest absolute Gasteiger partial charge is 0.391 e. The van der Waals surface area contributed by atoms with Crippen LogP contribution in [0, 0.1) is 5.92 Å². The van der Waals surface area contributed by atoms with Crippen molar-refractivity contribution in [2.24, 2.45) is 11.7 Å². The molecule has 0 saturated heterocycles. The highest BCUT2D eigenvalue weighted by atomic mass is 16.3. The first-order chi connectivity index (χ1) is 12.5. The summed E-state index contributed by atoms with van der Waals surface area (Å²) in [6, 6.07) is 8.04. The van der Waals surface area contributed by atoms with E-state index < -0.39 is 6.10 Å². The van der Waals surface area contributed by atoms with Gasteiger partial charge in [-0.2, -0.15) is 0 Å². The van der Waals surface area contributed by atoms with Crippen molar-refractivity contribution in [3.63, 3.8) is 0 Å². The number of hydrogen-bond donors (Lipinski definition) is 5. The van der Waals surface area contributed by atoms with Crippen molar-refractivity contribution in [1.82, 2.24) is 16.0 Å². The maximum atomic E-state index is 10.4. The van der Waals surface area contributed by atoms with Crippen molar-refractivity contribution in [2.75, 3.05) is 27.7 Å². The summed E-state index contributed by atoms with van der Waals surface area (Å²) in [5, 5.41) is 20.7. The third-order valence-corrected chi connectivity index (χ3v) is 5.52. The molecule has 2 unspecified atom stereocenters. The Morgan fingerprint density at radius 1 is 1.23 bits per heavy atom. The molecular weight excluding hydrogens is 324 g/mol. The van der Waals surface area contributed by atoms with Crippen LogP contribution in [-0.4, -0.2) is 38.5 Å². The molecule has 26 heavy (non-hydrogen) atoms. The number of nitrogens with one attached hydrogen (secondary N) is 3. The average molecular weight is 359 g/mol. The van der Waals surface area contributed by atoms with Gasteiger partial charge in [-0.1, -0.05) is 37.3 Å². The standard InChI is InChI=1S/C21H34N4O/c1-15(14-22)20(26)17-8-5-7-16(13-17)10-11-18-19(23-2)9-6-12-21(18,24-3)25-4/h5,7-8,10-11,13,15,20,23-26H,6,9,12,14,22H2,1-4H3/b11-10+. The van der Waals surface area contributed by atoms with Gasteiger partial charge >= 0.3 is 0 Å². The van der Waals surface area contributed by atoms with E-state index in [9.17, 15) is 5.11 Å². The second-order valence-electron chi connectivity index (χ2n) is 7.06. The van der Waals surface area contributed by atoms with E-state index >= 15 is 0 Å². The van der Waals surface area contributed by atoms with E-state index in [1.54, 1.807) is 0 Å².